The molecule has 7 nitrogen and oxygen atoms in total. The first-order valence-corrected chi connectivity index (χ1v) is 8.32. The van der Waals surface area contributed by atoms with Crippen molar-refractivity contribution in [3.8, 4) is 0 Å². The van der Waals surface area contributed by atoms with E-state index in [1.807, 2.05) is 6.92 Å². The number of aromatic nitrogens is 2. The molecule has 3 rings (SSSR count). The first-order chi connectivity index (χ1) is 11.1. The highest BCUT2D eigenvalue weighted by molar-refractivity contribution is 6.02. The van der Waals surface area contributed by atoms with Crippen molar-refractivity contribution in [2.75, 3.05) is 29.9 Å². The molecule has 0 atom stereocenters. The molecule has 1 aromatic rings. The van der Waals surface area contributed by atoms with Gasteiger partial charge in [-0.05, 0) is 32.6 Å². The first-order valence-electron chi connectivity index (χ1n) is 8.32. The smallest absolute Gasteiger partial charge is 0.227 e. The fourth-order valence-electron chi connectivity index (χ4n) is 3.31. The molecule has 0 bridgehead atoms. The monoisotopic (exact) mass is 317 g/mol. The number of aryl methyl sites for hydroxylation is 1. The number of nitrogens with two attached hydrogens (primary N) is 1. The Morgan fingerprint density at radius 3 is 2.70 bits per heavy atom. The normalized spacial score (nSPS) is 18.7. The Labute approximate surface area is 135 Å². The zero-order valence-electron chi connectivity index (χ0n) is 13.5. The molecule has 1 saturated heterocycles. The van der Waals surface area contributed by atoms with Gasteiger partial charge >= 0.3 is 0 Å². The fraction of sp³-hybridized carbons (Fsp3) is 0.625. The second-order valence-corrected chi connectivity index (χ2v) is 6.16. The maximum Gasteiger partial charge on any atom is 0.227 e. The molecular weight excluding hydrogens is 294 g/mol. The number of fused-ring (bicyclic) bond motifs is 1. The molecule has 1 amide bonds. The average Bonchev–Trinajstić information content (AvgIpc) is 2.55. The summed E-state index contributed by atoms with van der Waals surface area (Å²) < 4.78 is 0. The lowest BCUT2D eigenvalue weighted by molar-refractivity contribution is -0.122. The lowest BCUT2D eigenvalue weighted by Crippen LogP contribution is -2.39. The third-order valence-electron chi connectivity index (χ3n) is 4.59. The molecule has 1 aliphatic carbocycles. The zero-order chi connectivity index (χ0) is 16.4. The lowest BCUT2D eigenvalue weighted by atomic mass is 9.94. The van der Waals surface area contributed by atoms with E-state index in [9.17, 15) is 9.59 Å². The van der Waals surface area contributed by atoms with Crippen LogP contribution in [0.5, 0.6) is 0 Å². The van der Waals surface area contributed by atoms with Crippen LogP contribution < -0.4 is 16.0 Å². The van der Waals surface area contributed by atoms with Crippen LogP contribution in [0.4, 0.5) is 11.8 Å². The summed E-state index contributed by atoms with van der Waals surface area (Å²) in [5, 5.41) is 3.20. The van der Waals surface area contributed by atoms with E-state index in [1.165, 1.54) is 0 Å². The average molecular weight is 317 g/mol. The SMILES string of the molecule is CCNc1nc(N2CCC(C(N)=O)CC2)nc2c1C(=O)CCC2. The fourth-order valence-corrected chi connectivity index (χ4v) is 3.31. The van der Waals surface area contributed by atoms with Gasteiger partial charge in [0.25, 0.3) is 0 Å². The number of hydrogen-bond donors (Lipinski definition) is 2. The summed E-state index contributed by atoms with van der Waals surface area (Å²) >= 11 is 0. The van der Waals surface area contributed by atoms with Gasteiger partial charge in [-0.3, -0.25) is 9.59 Å². The minimum absolute atomic E-state index is 0.0568. The number of amides is 1. The molecule has 0 spiro atoms. The Hall–Kier alpha value is -2.18. The Morgan fingerprint density at radius 1 is 1.30 bits per heavy atom. The van der Waals surface area contributed by atoms with Gasteiger partial charge in [0.2, 0.25) is 11.9 Å². The molecule has 2 aliphatic rings. The molecule has 1 aromatic heterocycles. The highest BCUT2D eigenvalue weighted by Crippen LogP contribution is 2.29. The predicted octanol–water partition coefficient (Wildman–Crippen LogP) is 1.13. The van der Waals surface area contributed by atoms with E-state index >= 15 is 0 Å². The summed E-state index contributed by atoms with van der Waals surface area (Å²) in [6, 6.07) is 0. The molecule has 0 saturated carbocycles. The van der Waals surface area contributed by atoms with E-state index in [-0.39, 0.29) is 17.6 Å². The van der Waals surface area contributed by atoms with Gasteiger partial charge in [0.15, 0.2) is 5.78 Å². The molecule has 0 unspecified atom stereocenters. The van der Waals surface area contributed by atoms with Gasteiger partial charge in [0.1, 0.15) is 5.82 Å². The first kappa shape index (κ1) is 15.7. The second-order valence-electron chi connectivity index (χ2n) is 6.16. The molecule has 7 heteroatoms. The van der Waals surface area contributed by atoms with E-state index in [1.54, 1.807) is 0 Å². The highest BCUT2D eigenvalue weighted by Gasteiger charge is 2.28. The number of rotatable bonds is 4. The molecule has 1 aliphatic heterocycles. The van der Waals surface area contributed by atoms with Crippen LogP contribution in [0.15, 0.2) is 0 Å². The summed E-state index contributed by atoms with van der Waals surface area (Å²) in [6.45, 7) is 4.12. The Balaban J connectivity index is 1.87. The van der Waals surface area contributed by atoms with Crippen LogP contribution in [0.3, 0.4) is 0 Å². The van der Waals surface area contributed by atoms with Crippen molar-refractivity contribution in [1.29, 1.82) is 0 Å². The third kappa shape index (κ3) is 3.13. The van der Waals surface area contributed by atoms with Gasteiger partial charge in [-0.1, -0.05) is 0 Å². The van der Waals surface area contributed by atoms with E-state index < -0.39 is 0 Å². The number of piperidine rings is 1. The van der Waals surface area contributed by atoms with Crippen LogP contribution in [0.2, 0.25) is 0 Å². The number of anilines is 2. The number of Topliss-reactive ketones (excluding diaryl/α,β-unsaturated/α-hetero) is 1. The number of carbonyl (C=O) groups excluding carboxylic acids is 2. The van der Waals surface area contributed by atoms with Crippen molar-refractivity contribution in [3.63, 3.8) is 0 Å². The molecule has 23 heavy (non-hydrogen) atoms. The summed E-state index contributed by atoms with van der Waals surface area (Å²) in [6.07, 6.45) is 3.68. The van der Waals surface area contributed by atoms with Crippen molar-refractivity contribution >= 4 is 23.5 Å². The topological polar surface area (TPSA) is 101 Å². The van der Waals surface area contributed by atoms with Crippen LogP contribution >= 0.6 is 0 Å². The maximum atomic E-state index is 12.2. The number of hydrogen-bond acceptors (Lipinski definition) is 6. The van der Waals surface area contributed by atoms with Crippen molar-refractivity contribution in [1.82, 2.24) is 9.97 Å². The number of ketones is 1. The van der Waals surface area contributed by atoms with Gasteiger partial charge in [0, 0.05) is 32.0 Å². The van der Waals surface area contributed by atoms with E-state index in [0.717, 1.165) is 31.4 Å². The van der Waals surface area contributed by atoms with Crippen LogP contribution in [0.25, 0.3) is 0 Å². The molecule has 2 heterocycles. The Kier molecular flexibility index (Phi) is 4.45. The number of nitrogens with one attached hydrogen (secondary N) is 1. The summed E-state index contributed by atoms with van der Waals surface area (Å²) in [4.78, 5) is 34.8. The molecular formula is C16H23N5O2. The van der Waals surface area contributed by atoms with Crippen molar-refractivity contribution in [2.24, 2.45) is 11.7 Å². The molecule has 1 fully saturated rings. The second kappa shape index (κ2) is 6.52. The largest absolute Gasteiger partial charge is 0.370 e. The summed E-state index contributed by atoms with van der Waals surface area (Å²) in [5.74, 6) is 1.14. The number of carbonyl (C=O) groups is 2. The van der Waals surface area contributed by atoms with Crippen LogP contribution in [-0.4, -0.2) is 41.3 Å². The van der Waals surface area contributed by atoms with Gasteiger partial charge in [-0.2, -0.15) is 4.98 Å². The van der Waals surface area contributed by atoms with Crippen LogP contribution in [-0.2, 0) is 11.2 Å². The van der Waals surface area contributed by atoms with Crippen molar-refractivity contribution in [3.05, 3.63) is 11.3 Å². The molecule has 3 N–H and O–H groups in total. The Bertz CT molecular complexity index is 623. The van der Waals surface area contributed by atoms with E-state index in [2.05, 4.69) is 20.2 Å². The van der Waals surface area contributed by atoms with Crippen LogP contribution in [0.1, 0.15) is 48.7 Å². The van der Waals surface area contributed by atoms with Gasteiger partial charge < -0.3 is 16.0 Å². The molecule has 0 radical (unpaired) electrons. The minimum Gasteiger partial charge on any atom is -0.370 e. The van der Waals surface area contributed by atoms with Crippen LogP contribution in [0, 0.1) is 5.92 Å². The van der Waals surface area contributed by atoms with Crippen molar-refractivity contribution in [2.45, 2.75) is 39.0 Å². The minimum atomic E-state index is -0.227. The van der Waals surface area contributed by atoms with E-state index in [4.69, 9.17) is 5.73 Å². The summed E-state index contributed by atoms with van der Waals surface area (Å²) in [5.41, 5.74) is 6.89. The highest BCUT2D eigenvalue weighted by atomic mass is 16.1. The van der Waals surface area contributed by atoms with Gasteiger partial charge in [-0.15, -0.1) is 0 Å². The number of nitrogens with zero attached hydrogens (tertiary/aromatic N) is 3. The number of primary amides is 1. The quantitative estimate of drug-likeness (QED) is 0.863. The third-order valence-corrected chi connectivity index (χ3v) is 4.59. The van der Waals surface area contributed by atoms with Gasteiger partial charge in [0.05, 0.1) is 11.3 Å². The van der Waals surface area contributed by atoms with E-state index in [0.29, 0.717) is 43.4 Å². The zero-order valence-corrected chi connectivity index (χ0v) is 13.5. The Morgan fingerprint density at radius 2 is 2.04 bits per heavy atom. The maximum absolute atomic E-state index is 12.2. The van der Waals surface area contributed by atoms with Crippen molar-refractivity contribution < 1.29 is 9.59 Å². The molecule has 124 valence electrons. The molecule has 0 aromatic carbocycles. The van der Waals surface area contributed by atoms with Gasteiger partial charge in [-0.25, -0.2) is 4.98 Å². The predicted molar refractivity (Wildman–Crippen MR) is 87.6 cm³/mol. The standard InChI is InChI=1S/C16H23N5O2/c1-2-18-15-13-11(4-3-5-12(13)22)19-16(20-15)21-8-6-10(7-9-21)14(17)23/h10H,2-9H2,1H3,(H2,17,23)(H,18,19,20). The lowest BCUT2D eigenvalue weighted by Gasteiger charge is -2.31. The summed E-state index contributed by atoms with van der Waals surface area (Å²) in [7, 11) is 0.